The molecule has 0 unspecified atom stereocenters. The molecule has 1 aliphatic heterocycles. The summed E-state index contributed by atoms with van der Waals surface area (Å²) in [5, 5.41) is 12.8. The molecule has 3 heteroatoms. The van der Waals surface area contributed by atoms with Crippen LogP contribution >= 0.6 is 15.9 Å². The summed E-state index contributed by atoms with van der Waals surface area (Å²) in [5.74, 6) is 0.809. The number of halogens is 1. The van der Waals surface area contributed by atoms with E-state index in [0.717, 1.165) is 32.1 Å². The van der Waals surface area contributed by atoms with Gasteiger partial charge in [0.05, 0.1) is 6.10 Å². The van der Waals surface area contributed by atoms with Crippen molar-refractivity contribution in [3.8, 4) is 5.75 Å². The Kier molecular flexibility index (Phi) is 3.40. The van der Waals surface area contributed by atoms with Crippen LogP contribution in [0.2, 0.25) is 0 Å². The van der Waals surface area contributed by atoms with E-state index in [1.54, 1.807) is 0 Å². The van der Waals surface area contributed by atoms with Gasteiger partial charge in [-0.25, -0.2) is 0 Å². The molecule has 0 aromatic heterocycles. The summed E-state index contributed by atoms with van der Waals surface area (Å²) in [6.45, 7) is 0.328. The molecule has 22 heavy (non-hydrogen) atoms. The zero-order valence-corrected chi connectivity index (χ0v) is 13.5. The van der Waals surface area contributed by atoms with Crippen LogP contribution in [-0.2, 0) is 0 Å². The number of hydrogen-bond acceptors (Lipinski definition) is 2. The predicted molar refractivity (Wildman–Crippen MR) is 91.4 cm³/mol. The van der Waals surface area contributed by atoms with Gasteiger partial charge in [-0.1, -0.05) is 58.4 Å². The quantitative estimate of drug-likeness (QED) is 0.697. The third kappa shape index (κ3) is 2.21. The minimum Gasteiger partial charge on any atom is -0.491 e. The Morgan fingerprint density at radius 3 is 2.64 bits per heavy atom. The lowest BCUT2D eigenvalue weighted by atomic mass is 9.82. The van der Waals surface area contributed by atoms with Crippen molar-refractivity contribution in [3.63, 3.8) is 0 Å². The lowest BCUT2D eigenvalue weighted by Crippen LogP contribution is -2.31. The summed E-state index contributed by atoms with van der Waals surface area (Å²) in [6, 6.07) is 20.5. The molecular formula is C19H15BrO2. The molecule has 2 atom stereocenters. The highest BCUT2D eigenvalue weighted by molar-refractivity contribution is 9.10. The smallest absolute Gasteiger partial charge is 0.123 e. The van der Waals surface area contributed by atoms with E-state index in [0.29, 0.717) is 6.61 Å². The van der Waals surface area contributed by atoms with Gasteiger partial charge in [0.25, 0.3) is 0 Å². The van der Waals surface area contributed by atoms with E-state index < -0.39 is 6.10 Å². The van der Waals surface area contributed by atoms with Crippen LogP contribution in [-0.4, -0.2) is 17.8 Å². The maximum absolute atomic E-state index is 10.5. The second-order valence-corrected chi connectivity index (χ2v) is 6.53. The molecule has 0 fully saturated rings. The van der Waals surface area contributed by atoms with Crippen LogP contribution in [0.1, 0.15) is 17.0 Å². The molecule has 0 aliphatic carbocycles. The van der Waals surface area contributed by atoms with E-state index >= 15 is 0 Å². The highest BCUT2D eigenvalue weighted by Crippen LogP contribution is 2.43. The maximum Gasteiger partial charge on any atom is 0.123 e. The fourth-order valence-corrected chi connectivity index (χ4v) is 3.64. The van der Waals surface area contributed by atoms with Gasteiger partial charge in [0.15, 0.2) is 0 Å². The maximum atomic E-state index is 10.5. The van der Waals surface area contributed by atoms with Gasteiger partial charge in [-0.05, 0) is 34.5 Å². The summed E-state index contributed by atoms with van der Waals surface area (Å²) in [6.07, 6.45) is -0.538. The fraction of sp³-hybridized carbons (Fsp3) is 0.158. The Morgan fingerprint density at radius 1 is 1.00 bits per heavy atom. The van der Waals surface area contributed by atoms with E-state index in [2.05, 4.69) is 46.3 Å². The average Bonchev–Trinajstić information content (AvgIpc) is 2.55. The van der Waals surface area contributed by atoms with Gasteiger partial charge < -0.3 is 9.84 Å². The van der Waals surface area contributed by atoms with Crippen LogP contribution in [0.25, 0.3) is 10.8 Å². The van der Waals surface area contributed by atoms with Crippen LogP contribution in [0, 0.1) is 0 Å². The molecule has 0 radical (unpaired) electrons. The number of rotatable bonds is 1. The zero-order valence-electron chi connectivity index (χ0n) is 11.9. The summed E-state index contributed by atoms with van der Waals surface area (Å²) in [7, 11) is 0. The number of hydrogen-bond donors (Lipinski definition) is 1. The zero-order chi connectivity index (χ0) is 15.1. The summed E-state index contributed by atoms with van der Waals surface area (Å²) in [5.41, 5.74) is 2.20. The molecule has 1 N–H and O–H groups in total. The molecule has 3 aromatic rings. The number of benzene rings is 3. The van der Waals surface area contributed by atoms with Gasteiger partial charge in [-0.2, -0.15) is 0 Å². The Hall–Kier alpha value is -1.84. The van der Waals surface area contributed by atoms with Gasteiger partial charge in [-0.3, -0.25) is 0 Å². The van der Waals surface area contributed by atoms with Gasteiger partial charge >= 0.3 is 0 Å². The first-order valence-corrected chi connectivity index (χ1v) is 8.11. The molecule has 3 aromatic carbocycles. The monoisotopic (exact) mass is 354 g/mol. The predicted octanol–water partition coefficient (Wildman–Crippen LogP) is 4.49. The highest BCUT2D eigenvalue weighted by Gasteiger charge is 2.32. The van der Waals surface area contributed by atoms with Gasteiger partial charge in [0.2, 0.25) is 0 Å². The van der Waals surface area contributed by atoms with E-state index in [-0.39, 0.29) is 5.92 Å². The van der Waals surface area contributed by atoms with Crippen molar-refractivity contribution in [2.24, 2.45) is 0 Å². The Labute approximate surface area is 137 Å². The third-order valence-corrected chi connectivity index (χ3v) is 4.74. The molecule has 1 aliphatic rings. The number of aliphatic hydroxyl groups excluding tert-OH is 1. The fourth-order valence-electron chi connectivity index (χ4n) is 3.26. The lowest BCUT2D eigenvalue weighted by Gasteiger charge is -2.32. The van der Waals surface area contributed by atoms with Crippen molar-refractivity contribution >= 4 is 26.7 Å². The van der Waals surface area contributed by atoms with E-state index in [1.165, 1.54) is 0 Å². The highest BCUT2D eigenvalue weighted by atomic mass is 79.9. The van der Waals surface area contributed by atoms with E-state index in [1.807, 2.05) is 30.3 Å². The van der Waals surface area contributed by atoms with Crippen LogP contribution < -0.4 is 4.74 Å². The Bertz CT molecular complexity index is 829. The summed E-state index contributed by atoms with van der Waals surface area (Å²) in [4.78, 5) is 0. The molecule has 4 rings (SSSR count). The summed E-state index contributed by atoms with van der Waals surface area (Å²) >= 11 is 3.52. The third-order valence-electron chi connectivity index (χ3n) is 4.25. The van der Waals surface area contributed by atoms with Gasteiger partial charge in [0, 0.05) is 16.0 Å². The summed E-state index contributed by atoms with van der Waals surface area (Å²) < 4.78 is 6.81. The standard InChI is InChI=1S/C19H15BrO2/c20-14-7-8-15-13(10-14)6-9-17-19(15)18(16(21)11-22-17)12-4-2-1-3-5-12/h1-10,16,18,21H,11H2/t16-,18+/m1/s1. The number of aliphatic hydroxyl groups is 1. The molecular weight excluding hydrogens is 340 g/mol. The minimum absolute atomic E-state index is 0.0603. The largest absolute Gasteiger partial charge is 0.491 e. The Morgan fingerprint density at radius 2 is 1.82 bits per heavy atom. The van der Waals surface area contributed by atoms with Gasteiger partial charge in [-0.15, -0.1) is 0 Å². The van der Waals surface area contributed by atoms with Crippen LogP contribution in [0.3, 0.4) is 0 Å². The first kappa shape index (κ1) is 13.8. The van der Waals surface area contributed by atoms with Crippen molar-refractivity contribution in [1.82, 2.24) is 0 Å². The second-order valence-electron chi connectivity index (χ2n) is 5.61. The molecule has 2 nitrogen and oxygen atoms in total. The molecule has 0 bridgehead atoms. The molecule has 110 valence electrons. The SMILES string of the molecule is O[C@@H]1COc2ccc3cc(Br)ccc3c2[C@H]1c1ccccc1. The topological polar surface area (TPSA) is 29.5 Å². The van der Waals surface area contributed by atoms with Crippen LogP contribution in [0.4, 0.5) is 0 Å². The van der Waals surface area contributed by atoms with E-state index in [4.69, 9.17) is 4.74 Å². The molecule has 1 heterocycles. The molecule has 0 saturated carbocycles. The van der Waals surface area contributed by atoms with Crippen molar-refractivity contribution < 1.29 is 9.84 Å². The van der Waals surface area contributed by atoms with Crippen LogP contribution in [0.15, 0.2) is 65.1 Å². The van der Waals surface area contributed by atoms with Crippen molar-refractivity contribution in [1.29, 1.82) is 0 Å². The number of fused-ring (bicyclic) bond motifs is 3. The van der Waals surface area contributed by atoms with Gasteiger partial charge in [0.1, 0.15) is 12.4 Å². The molecule has 0 amide bonds. The molecule has 0 saturated heterocycles. The first-order chi connectivity index (χ1) is 10.7. The molecule has 0 spiro atoms. The minimum atomic E-state index is -0.538. The Balaban J connectivity index is 2.00. The second kappa shape index (κ2) is 5.41. The number of ether oxygens (including phenoxy) is 1. The van der Waals surface area contributed by atoms with E-state index in [9.17, 15) is 5.11 Å². The normalized spacial score (nSPS) is 20.5. The average molecular weight is 355 g/mol. The van der Waals surface area contributed by atoms with Crippen molar-refractivity contribution in [2.45, 2.75) is 12.0 Å². The van der Waals surface area contributed by atoms with Crippen molar-refractivity contribution in [3.05, 3.63) is 76.3 Å². The van der Waals surface area contributed by atoms with Crippen LogP contribution in [0.5, 0.6) is 5.75 Å². The first-order valence-electron chi connectivity index (χ1n) is 7.32. The lowest BCUT2D eigenvalue weighted by molar-refractivity contribution is 0.0778. The van der Waals surface area contributed by atoms with Crippen molar-refractivity contribution in [2.75, 3.05) is 6.61 Å².